The van der Waals surface area contributed by atoms with Gasteiger partial charge in [0.2, 0.25) is 5.91 Å². The van der Waals surface area contributed by atoms with Gasteiger partial charge in [-0.25, -0.2) is 0 Å². The van der Waals surface area contributed by atoms with Crippen LogP contribution < -0.4 is 0 Å². The van der Waals surface area contributed by atoms with Crippen LogP contribution in [0.4, 0.5) is 0 Å². The first-order chi connectivity index (χ1) is 13.1. The molecule has 0 aliphatic heterocycles. The Bertz CT molecular complexity index is 703. The molecule has 2 rings (SSSR count). The third-order valence-electron chi connectivity index (χ3n) is 4.58. The van der Waals surface area contributed by atoms with Crippen molar-refractivity contribution in [1.82, 2.24) is 4.90 Å². The van der Waals surface area contributed by atoms with E-state index in [-0.39, 0.29) is 23.7 Å². The lowest BCUT2D eigenvalue weighted by atomic mass is 9.88. The number of ether oxygens (including phenoxy) is 1. The van der Waals surface area contributed by atoms with Crippen molar-refractivity contribution < 1.29 is 14.3 Å². The van der Waals surface area contributed by atoms with Crippen LogP contribution >= 0.6 is 0 Å². The fourth-order valence-corrected chi connectivity index (χ4v) is 3.14. The molecular weight excluding hydrogens is 338 g/mol. The number of hydrogen-bond acceptors (Lipinski definition) is 3. The molecule has 0 N–H and O–H groups in total. The normalized spacial score (nSPS) is 11.7. The van der Waals surface area contributed by atoms with Crippen molar-refractivity contribution in [3.05, 3.63) is 84.4 Å². The van der Waals surface area contributed by atoms with Gasteiger partial charge in [-0.1, -0.05) is 73.7 Å². The van der Waals surface area contributed by atoms with Crippen molar-refractivity contribution in [2.75, 3.05) is 20.2 Å². The summed E-state index contributed by atoms with van der Waals surface area (Å²) >= 11 is 0. The van der Waals surface area contributed by atoms with Gasteiger partial charge >= 0.3 is 5.97 Å². The SMILES string of the molecule is C=CCN(CC(C)C(=O)OC)C(=O)CC(c1ccccc1)c1ccccc1. The average Bonchev–Trinajstić information content (AvgIpc) is 2.72. The summed E-state index contributed by atoms with van der Waals surface area (Å²) in [6.07, 6.45) is 2.01. The first-order valence-corrected chi connectivity index (χ1v) is 9.13. The van der Waals surface area contributed by atoms with Crippen molar-refractivity contribution in [3.63, 3.8) is 0 Å². The standard InChI is InChI=1S/C23H27NO3/c1-4-15-24(17-18(2)23(26)27-3)22(25)16-21(19-11-7-5-8-12-19)20-13-9-6-10-14-20/h4-14,18,21H,1,15-17H2,2-3H3. The summed E-state index contributed by atoms with van der Waals surface area (Å²) in [5.74, 6) is -0.755. The molecule has 4 nitrogen and oxygen atoms in total. The van der Waals surface area contributed by atoms with Gasteiger partial charge in [-0.05, 0) is 11.1 Å². The van der Waals surface area contributed by atoms with Gasteiger partial charge in [0.05, 0.1) is 13.0 Å². The molecule has 0 aliphatic rings. The number of carbonyl (C=O) groups excluding carboxylic acids is 2. The first-order valence-electron chi connectivity index (χ1n) is 9.13. The lowest BCUT2D eigenvalue weighted by Crippen LogP contribution is -2.38. The highest BCUT2D eigenvalue weighted by molar-refractivity contribution is 5.79. The minimum Gasteiger partial charge on any atom is -0.469 e. The largest absolute Gasteiger partial charge is 0.469 e. The summed E-state index contributed by atoms with van der Waals surface area (Å²) in [7, 11) is 1.36. The molecule has 27 heavy (non-hydrogen) atoms. The summed E-state index contributed by atoms with van der Waals surface area (Å²) in [6.45, 7) is 6.22. The molecule has 2 aromatic carbocycles. The molecular formula is C23H27NO3. The Morgan fingerprint density at radius 2 is 1.56 bits per heavy atom. The van der Waals surface area contributed by atoms with E-state index >= 15 is 0 Å². The number of amides is 1. The maximum absolute atomic E-state index is 13.1. The molecule has 0 saturated carbocycles. The minimum atomic E-state index is -0.384. The van der Waals surface area contributed by atoms with Gasteiger partial charge in [0.1, 0.15) is 0 Å². The molecule has 0 fully saturated rings. The number of nitrogens with zero attached hydrogens (tertiary/aromatic N) is 1. The average molecular weight is 365 g/mol. The molecule has 0 saturated heterocycles. The van der Waals surface area contributed by atoms with Crippen molar-refractivity contribution >= 4 is 11.9 Å². The second-order valence-electron chi connectivity index (χ2n) is 6.59. The predicted molar refractivity (Wildman–Crippen MR) is 107 cm³/mol. The molecule has 142 valence electrons. The third-order valence-corrected chi connectivity index (χ3v) is 4.58. The van der Waals surface area contributed by atoms with Gasteiger partial charge in [0, 0.05) is 25.4 Å². The first kappa shape index (κ1) is 20.4. The van der Waals surface area contributed by atoms with Gasteiger partial charge in [0.15, 0.2) is 0 Å². The van der Waals surface area contributed by atoms with Gasteiger partial charge in [-0.15, -0.1) is 6.58 Å². The Morgan fingerprint density at radius 1 is 1.04 bits per heavy atom. The number of esters is 1. The molecule has 0 aromatic heterocycles. The maximum Gasteiger partial charge on any atom is 0.310 e. The summed E-state index contributed by atoms with van der Waals surface area (Å²) < 4.78 is 4.79. The number of hydrogen-bond donors (Lipinski definition) is 0. The number of benzene rings is 2. The second-order valence-corrected chi connectivity index (χ2v) is 6.59. The number of methoxy groups -OCH3 is 1. The van der Waals surface area contributed by atoms with Crippen molar-refractivity contribution in [2.45, 2.75) is 19.3 Å². The van der Waals surface area contributed by atoms with Crippen LogP contribution in [0.5, 0.6) is 0 Å². The van der Waals surface area contributed by atoms with Crippen LogP contribution in [0.15, 0.2) is 73.3 Å². The van der Waals surface area contributed by atoms with E-state index in [1.54, 1.807) is 17.9 Å². The molecule has 1 unspecified atom stereocenters. The highest BCUT2D eigenvalue weighted by Crippen LogP contribution is 2.28. The van der Waals surface area contributed by atoms with Crippen LogP contribution in [0.3, 0.4) is 0 Å². The molecule has 0 bridgehead atoms. The number of rotatable bonds is 9. The molecule has 0 radical (unpaired) electrons. The zero-order valence-corrected chi connectivity index (χ0v) is 16.0. The monoisotopic (exact) mass is 365 g/mol. The van der Waals surface area contributed by atoms with E-state index in [1.165, 1.54) is 7.11 Å². The molecule has 2 aromatic rings. The zero-order chi connectivity index (χ0) is 19.6. The van der Waals surface area contributed by atoms with E-state index in [0.29, 0.717) is 19.5 Å². The van der Waals surface area contributed by atoms with Crippen LogP contribution in [0.2, 0.25) is 0 Å². The van der Waals surface area contributed by atoms with E-state index < -0.39 is 0 Å². The van der Waals surface area contributed by atoms with Crippen molar-refractivity contribution in [1.29, 1.82) is 0 Å². The molecule has 0 spiro atoms. The topological polar surface area (TPSA) is 46.6 Å². The smallest absolute Gasteiger partial charge is 0.310 e. The van der Waals surface area contributed by atoms with Crippen LogP contribution in [0, 0.1) is 5.92 Å². The summed E-state index contributed by atoms with van der Waals surface area (Å²) in [5, 5.41) is 0. The third kappa shape index (κ3) is 5.81. The second kappa shape index (κ2) is 10.3. The van der Waals surface area contributed by atoms with Crippen LogP contribution in [0.25, 0.3) is 0 Å². The molecule has 1 atom stereocenters. The molecule has 0 aliphatic carbocycles. The summed E-state index contributed by atoms with van der Waals surface area (Å²) in [6, 6.07) is 20.0. The summed E-state index contributed by atoms with van der Waals surface area (Å²) in [4.78, 5) is 26.5. The zero-order valence-electron chi connectivity index (χ0n) is 16.0. The molecule has 1 amide bonds. The fraction of sp³-hybridized carbons (Fsp3) is 0.304. The van der Waals surface area contributed by atoms with Crippen LogP contribution in [-0.4, -0.2) is 37.0 Å². The van der Waals surface area contributed by atoms with Crippen LogP contribution in [-0.2, 0) is 14.3 Å². The lowest BCUT2D eigenvalue weighted by Gasteiger charge is -2.26. The molecule has 4 heteroatoms. The van der Waals surface area contributed by atoms with E-state index in [4.69, 9.17) is 4.74 Å². The predicted octanol–water partition coefficient (Wildman–Crippen LogP) is 4.03. The Morgan fingerprint density at radius 3 is 2.00 bits per heavy atom. The van der Waals surface area contributed by atoms with Gasteiger partial charge in [-0.2, -0.15) is 0 Å². The lowest BCUT2D eigenvalue weighted by molar-refractivity contribution is -0.146. The Hall–Kier alpha value is -2.88. The minimum absolute atomic E-state index is 0.0108. The van der Waals surface area contributed by atoms with E-state index in [0.717, 1.165) is 11.1 Å². The van der Waals surface area contributed by atoms with E-state index in [2.05, 4.69) is 6.58 Å². The fourth-order valence-electron chi connectivity index (χ4n) is 3.14. The quantitative estimate of drug-likeness (QED) is 0.498. The Labute approximate surface area is 161 Å². The van der Waals surface area contributed by atoms with Crippen LogP contribution in [0.1, 0.15) is 30.4 Å². The maximum atomic E-state index is 13.1. The highest BCUT2D eigenvalue weighted by Gasteiger charge is 2.24. The van der Waals surface area contributed by atoms with Crippen molar-refractivity contribution in [2.24, 2.45) is 5.92 Å². The van der Waals surface area contributed by atoms with Gasteiger partial charge in [-0.3, -0.25) is 9.59 Å². The highest BCUT2D eigenvalue weighted by atomic mass is 16.5. The van der Waals surface area contributed by atoms with Gasteiger partial charge < -0.3 is 9.64 Å². The summed E-state index contributed by atoms with van der Waals surface area (Å²) in [5.41, 5.74) is 2.19. The molecule has 0 heterocycles. The van der Waals surface area contributed by atoms with E-state index in [1.807, 2.05) is 60.7 Å². The Kier molecular flexibility index (Phi) is 7.80. The number of carbonyl (C=O) groups is 2. The van der Waals surface area contributed by atoms with Gasteiger partial charge in [0.25, 0.3) is 0 Å². The van der Waals surface area contributed by atoms with Crippen molar-refractivity contribution in [3.8, 4) is 0 Å². The Balaban J connectivity index is 2.22. The van der Waals surface area contributed by atoms with E-state index in [9.17, 15) is 9.59 Å².